The Morgan fingerprint density at radius 3 is 1.84 bits per heavy atom. The van der Waals surface area contributed by atoms with Gasteiger partial charge in [0.25, 0.3) is 0 Å². The van der Waals surface area contributed by atoms with E-state index in [2.05, 4.69) is 4.74 Å². The van der Waals surface area contributed by atoms with E-state index in [4.69, 9.17) is 5.11 Å². The van der Waals surface area contributed by atoms with Crippen molar-refractivity contribution in [1.29, 1.82) is 0 Å². The van der Waals surface area contributed by atoms with Gasteiger partial charge in [0, 0.05) is 0 Å². The van der Waals surface area contributed by atoms with Crippen LogP contribution in [0.1, 0.15) is 11.1 Å². The third-order valence-corrected chi connectivity index (χ3v) is 1.95. The maximum atomic E-state index is 12.5. The zero-order valence-corrected chi connectivity index (χ0v) is 8.61. The molecule has 0 saturated heterocycles. The predicted molar refractivity (Wildman–Crippen MR) is 44.7 cm³/mol. The number of benzene rings is 1. The van der Waals surface area contributed by atoms with Gasteiger partial charge in [-0.3, -0.25) is 0 Å². The number of rotatable bonds is 2. The van der Waals surface area contributed by atoms with Gasteiger partial charge in [0.2, 0.25) is 0 Å². The monoisotopic (exact) mass is 296 g/mol. The average molecular weight is 296 g/mol. The first-order valence-electron chi connectivity index (χ1n) is 4.39. The third-order valence-electron chi connectivity index (χ3n) is 1.95. The molecule has 0 atom stereocenters. The van der Waals surface area contributed by atoms with Crippen LogP contribution >= 0.6 is 0 Å². The molecular formula is C9H4F8O2. The molecule has 0 aliphatic rings. The second-order valence-electron chi connectivity index (χ2n) is 3.21. The first-order valence-corrected chi connectivity index (χ1v) is 4.39. The highest BCUT2D eigenvalue weighted by Crippen LogP contribution is 2.48. The molecule has 0 unspecified atom stereocenters. The van der Waals surface area contributed by atoms with Crippen molar-refractivity contribution in [2.24, 2.45) is 0 Å². The van der Waals surface area contributed by atoms with Crippen LogP contribution in [0.25, 0.3) is 0 Å². The standard InChI is InChI=1S/C9H4F8O2/c10-7(11)19-4-2-1-3(8(12,13)14)5(6(4)18)9(15,16)17/h1-2,7,18H. The molecule has 0 bridgehead atoms. The van der Waals surface area contributed by atoms with Crippen LogP contribution in [-0.4, -0.2) is 11.7 Å². The van der Waals surface area contributed by atoms with Gasteiger partial charge in [0.15, 0.2) is 11.5 Å². The Morgan fingerprint density at radius 2 is 1.47 bits per heavy atom. The van der Waals surface area contributed by atoms with Gasteiger partial charge in [0.05, 0.1) is 5.56 Å². The summed E-state index contributed by atoms with van der Waals surface area (Å²) in [6.07, 6.45) is -11.0. The molecular weight excluding hydrogens is 292 g/mol. The van der Waals surface area contributed by atoms with Crippen molar-refractivity contribution in [2.45, 2.75) is 19.0 Å². The molecule has 108 valence electrons. The number of hydrogen-bond acceptors (Lipinski definition) is 2. The van der Waals surface area contributed by atoms with Crippen molar-refractivity contribution in [3.05, 3.63) is 23.3 Å². The van der Waals surface area contributed by atoms with E-state index in [1.54, 1.807) is 0 Å². The Kier molecular flexibility index (Phi) is 3.82. The minimum atomic E-state index is -5.59. The third kappa shape index (κ3) is 3.38. The molecule has 0 amide bonds. The van der Waals surface area contributed by atoms with E-state index in [9.17, 15) is 35.1 Å². The largest absolute Gasteiger partial charge is 0.504 e. The van der Waals surface area contributed by atoms with Gasteiger partial charge in [-0.1, -0.05) is 0 Å². The fourth-order valence-corrected chi connectivity index (χ4v) is 1.29. The van der Waals surface area contributed by atoms with Gasteiger partial charge >= 0.3 is 19.0 Å². The lowest BCUT2D eigenvalue weighted by Crippen LogP contribution is -2.17. The summed E-state index contributed by atoms with van der Waals surface area (Å²) in [5.41, 5.74) is -4.67. The number of hydrogen-bond donors (Lipinski definition) is 1. The zero-order chi connectivity index (χ0) is 15.0. The van der Waals surface area contributed by atoms with E-state index in [1.807, 2.05) is 0 Å². The normalized spacial score (nSPS) is 12.9. The van der Waals surface area contributed by atoms with Crippen LogP contribution in [0, 0.1) is 0 Å². The highest BCUT2D eigenvalue weighted by molar-refractivity contribution is 5.52. The van der Waals surface area contributed by atoms with E-state index >= 15 is 0 Å². The van der Waals surface area contributed by atoms with Gasteiger partial charge in [0.1, 0.15) is 5.56 Å². The van der Waals surface area contributed by atoms with Gasteiger partial charge in [-0.2, -0.15) is 35.1 Å². The minimum Gasteiger partial charge on any atom is -0.504 e. The van der Waals surface area contributed by atoms with Crippen LogP contribution in [-0.2, 0) is 12.4 Å². The van der Waals surface area contributed by atoms with Gasteiger partial charge in [-0.05, 0) is 12.1 Å². The number of alkyl halides is 8. The van der Waals surface area contributed by atoms with Crippen molar-refractivity contribution in [3.8, 4) is 11.5 Å². The molecule has 0 aromatic heterocycles. The molecule has 0 saturated carbocycles. The Hall–Kier alpha value is -1.74. The summed E-state index contributed by atoms with van der Waals surface area (Å²) < 4.78 is 102. The van der Waals surface area contributed by atoms with Gasteiger partial charge < -0.3 is 9.84 Å². The SMILES string of the molecule is Oc1c(OC(F)F)ccc(C(F)(F)F)c1C(F)(F)F. The van der Waals surface area contributed by atoms with Crippen molar-refractivity contribution in [2.75, 3.05) is 0 Å². The van der Waals surface area contributed by atoms with E-state index in [1.165, 1.54) is 0 Å². The summed E-state index contributed by atoms with van der Waals surface area (Å²) in [4.78, 5) is 0. The van der Waals surface area contributed by atoms with Crippen molar-refractivity contribution < 1.29 is 45.0 Å². The van der Waals surface area contributed by atoms with Crippen molar-refractivity contribution in [3.63, 3.8) is 0 Å². The fraction of sp³-hybridized carbons (Fsp3) is 0.333. The molecule has 0 aliphatic heterocycles. The summed E-state index contributed by atoms with van der Waals surface area (Å²) >= 11 is 0. The average Bonchev–Trinajstić information content (AvgIpc) is 2.16. The van der Waals surface area contributed by atoms with Crippen LogP contribution in [0.5, 0.6) is 11.5 Å². The van der Waals surface area contributed by atoms with E-state index < -0.39 is 41.6 Å². The molecule has 10 heteroatoms. The molecule has 0 aliphatic carbocycles. The zero-order valence-electron chi connectivity index (χ0n) is 8.61. The molecule has 0 heterocycles. The summed E-state index contributed by atoms with van der Waals surface area (Å²) in [6.45, 7) is -3.59. The van der Waals surface area contributed by atoms with E-state index in [0.29, 0.717) is 0 Å². The molecule has 1 aromatic carbocycles. The molecule has 0 spiro atoms. The predicted octanol–water partition coefficient (Wildman–Crippen LogP) is 4.03. The molecule has 0 fully saturated rings. The Morgan fingerprint density at radius 1 is 0.947 bits per heavy atom. The number of phenols is 1. The van der Waals surface area contributed by atoms with Crippen molar-refractivity contribution >= 4 is 0 Å². The second-order valence-corrected chi connectivity index (χ2v) is 3.21. The number of ether oxygens (including phenoxy) is 1. The maximum absolute atomic E-state index is 12.5. The van der Waals surface area contributed by atoms with E-state index in [-0.39, 0.29) is 12.1 Å². The fourth-order valence-electron chi connectivity index (χ4n) is 1.29. The topological polar surface area (TPSA) is 29.5 Å². The molecule has 1 rings (SSSR count). The first kappa shape index (κ1) is 15.3. The first-order chi connectivity index (χ1) is 8.44. The number of halogens is 8. The van der Waals surface area contributed by atoms with Gasteiger partial charge in [-0.25, -0.2) is 0 Å². The number of phenolic OH excluding ortho intramolecular Hbond substituents is 1. The highest BCUT2D eigenvalue weighted by atomic mass is 19.4. The summed E-state index contributed by atoms with van der Waals surface area (Å²) in [6, 6.07) is 0.0831. The minimum absolute atomic E-state index is 0.0970. The molecule has 0 radical (unpaired) electrons. The highest BCUT2D eigenvalue weighted by Gasteiger charge is 2.46. The summed E-state index contributed by atoms with van der Waals surface area (Å²) in [5, 5.41) is 9.04. The summed E-state index contributed by atoms with van der Waals surface area (Å²) in [7, 11) is 0. The summed E-state index contributed by atoms with van der Waals surface area (Å²) in [5.74, 6) is -3.43. The van der Waals surface area contributed by atoms with E-state index in [0.717, 1.165) is 0 Å². The van der Waals surface area contributed by atoms with Gasteiger partial charge in [-0.15, -0.1) is 0 Å². The second kappa shape index (κ2) is 4.74. The van der Waals surface area contributed by atoms with Crippen LogP contribution in [0.15, 0.2) is 12.1 Å². The van der Waals surface area contributed by atoms with Crippen LogP contribution in [0.2, 0.25) is 0 Å². The van der Waals surface area contributed by atoms with Crippen LogP contribution in [0.4, 0.5) is 35.1 Å². The lowest BCUT2D eigenvalue weighted by molar-refractivity contribution is -0.163. The van der Waals surface area contributed by atoms with Crippen LogP contribution in [0.3, 0.4) is 0 Å². The Labute approximate surface area is 99.8 Å². The smallest absolute Gasteiger partial charge is 0.420 e. The van der Waals surface area contributed by atoms with Crippen LogP contribution < -0.4 is 4.74 Å². The molecule has 2 nitrogen and oxygen atoms in total. The Balaban J connectivity index is 3.51. The molecule has 1 N–H and O–H groups in total. The lowest BCUT2D eigenvalue weighted by Gasteiger charge is -2.18. The number of aromatic hydroxyl groups is 1. The maximum Gasteiger partial charge on any atom is 0.420 e. The molecule has 1 aromatic rings. The lowest BCUT2D eigenvalue weighted by atomic mass is 10.0. The Bertz CT molecular complexity index is 463. The van der Waals surface area contributed by atoms with Crippen molar-refractivity contribution in [1.82, 2.24) is 0 Å². The quantitative estimate of drug-likeness (QED) is 0.835. The molecule has 19 heavy (non-hydrogen) atoms.